The number of aryl methyl sites for hydroxylation is 2. The van der Waals surface area contributed by atoms with Crippen LogP contribution in [0.4, 0.5) is 0 Å². The molecule has 1 aliphatic rings. The normalized spacial score (nSPS) is 21.8. The molecular weight excluding hydrogens is 156 g/mol. The largest absolute Gasteiger partial charge is 0.118 e. The van der Waals surface area contributed by atoms with E-state index in [9.17, 15) is 0 Å². The molecule has 0 heterocycles. The second-order valence-corrected chi connectivity index (χ2v) is 3.74. The summed E-state index contributed by atoms with van der Waals surface area (Å²) in [6.45, 7) is 2.11. The summed E-state index contributed by atoms with van der Waals surface area (Å²) >= 11 is 6.11. The van der Waals surface area contributed by atoms with Crippen molar-refractivity contribution in [2.75, 3.05) is 0 Å². The Labute approximate surface area is 72.2 Å². The van der Waals surface area contributed by atoms with Gasteiger partial charge in [-0.15, -0.1) is 11.6 Å². The topological polar surface area (TPSA) is 0 Å². The van der Waals surface area contributed by atoms with Crippen LogP contribution < -0.4 is 0 Å². The average Bonchev–Trinajstić information content (AvgIpc) is 2.33. The number of halogens is 1. The van der Waals surface area contributed by atoms with E-state index in [4.69, 9.17) is 11.6 Å². The van der Waals surface area contributed by atoms with E-state index in [2.05, 4.69) is 25.1 Å². The fourth-order valence-electron chi connectivity index (χ4n) is 1.67. The first kappa shape index (κ1) is 7.17. The third kappa shape index (κ3) is 1.16. The molecule has 0 bridgehead atoms. The van der Waals surface area contributed by atoms with E-state index >= 15 is 0 Å². The first-order chi connectivity index (χ1) is 5.27. The molecule has 2 rings (SSSR count). The highest BCUT2D eigenvalue weighted by molar-refractivity contribution is 6.21. The van der Waals surface area contributed by atoms with Gasteiger partial charge in [0.15, 0.2) is 0 Å². The zero-order valence-electron chi connectivity index (χ0n) is 6.60. The lowest BCUT2D eigenvalue weighted by molar-refractivity contribution is 0.881. The van der Waals surface area contributed by atoms with Gasteiger partial charge in [0.2, 0.25) is 0 Å². The highest BCUT2D eigenvalue weighted by Crippen LogP contribution is 2.36. The Morgan fingerprint density at radius 1 is 1.45 bits per heavy atom. The van der Waals surface area contributed by atoms with Crippen molar-refractivity contribution in [1.82, 2.24) is 0 Å². The molecule has 1 aromatic rings. The van der Waals surface area contributed by atoms with E-state index in [1.165, 1.54) is 16.7 Å². The fraction of sp³-hybridized carbons (Fsp3) is 0.400. The van der Waals surface area contributed by atoms with E-state index in [0.717, 1.165) is 12.8 Å². The van der Waals surface area contributed by atoms with Gasteiger partial charge in [0.1, 0.15) is 0 Å². The Kier molecular flexibility index (Phi) is 1.65. The van der Waals surface area contributed by atoms with E-state index < -0.39 is 0 Å². The summed E-state index contributed by atoms with van der Waals surface area (Å²) in [5, 5.41) is 0.268. The van der Waals surface area contributed by atoms with Crippen LogP contribution in [0.2, 0.25) is 0 Å². The van der Waals surface area contributed by atoms with Crippen LogP contribution in [0.3, 0.4) is 0 Å². The lowest BCUT2D eigenvalue weighted by Crippen LogP contribution is -1.84. The molecule has 1 heteroatoms. The van der Waals surface area contributed by atoms with Gasteiger partial charge in [-0.3, -0.25) is 0 Å². The van der Waals surface area contributed by atoms with E-state index in [0.29, 0.717) is 0 Å². The maximum atomic E-state index is 6.11. The van der Waals surface area contributed by atoms with Crippen LogP contribution in [-0.2, 0) is 6.42 Å². The lowest BCUT2D eigenvalue weighted by Gasteiger charge is -2.02. The minimum absolute atomic E-state index is 0.268. The number of hydrogen-bond acceptors (Lipinski definition) is 0. The van der Waals surface area contributed by atoms with Crippen LogP contribution >= 0.6 is 11.6 Å². The van der Waals surface area contributed by atoms with Crippen LogP contribution in [0, 0.1) is 6.92 Å². The maximum absolute atomic E-state index is 6.11. The van der Waals surface area contributed by atoms with Crippen LogP contribution in [0.5, 0.6) is 0 Å². The van der Waals surface area contributed by atoms with Crippen molar-refractivity contribution in [2.45, 2.75) is 25.1 Å². The minimum atomic E-state index is 0.268. The molecule has 58 valence electrons. The van der Waals surface area contributed by atoms with Crippen molar-refractivity contribution < 1.29 is 0 Å². The van der Waals surface area contributed by atoms with Gasteiger partial charge < -0.3 is 0 Å². The fourth-order valence-corrected chi connectivity index (χ4v) is 1.98. The van der Waals surface area contributed by atoms with Crippen molar-refractivity contribution in [3.8, 4) is 0 Å². The van der Waals surface area contributed by atoms with Crippen LogP contribution in [-0.4, -0.2) is 0 Å². The van der Waals surface area contributed by atoms with Crippen molar-refractivity contribution in [1.29, 1.82) is 0 Å². The summed E-state index contributed by atoms with van der Waals surface area (Å²) in [6, 6.07) is 6.57. The second-order valence-electron chi connectivity index (χ2n) is 3.21. The third-order valence-corrected chi connectivity index (χ3v) is 2.76. The number of alkyl halides is 1. The molecule has 11 heavy (non-hydrogen) atoms. The summed E-state index contributed by atoms with van der Waals surface area (Å²) in [5.41, 5.74) is 4.11. The van der Waals surface area contributed by atoms with E-state index in [-0.39, 0.29) is 5.38 Å². The molecule has 0 fully saturated rings. The molecule has 0 amide bonds. The minimum Gasteiger partial charge on any atom is -0.118 e. The maximum Gasteiger partial charge on any atom is 0.0591 e. The average molecular weight is 167 g/mol. The third-order valence-electron chi connectivity index (χ3n) is 2.31. The Bertz CT molecular complexity index is 278. The SMILES string of the molecule is Cc1ccc2c(c1)[C@H](Cl)CC2. The van der Waals surface area contributed by atoms with Crippen molar-refractivity contribution in [2.24, 2.45) is 0 Å². The summed E-state index contributed by atoms with van der Waals surface area (Å²) in [7, 11) is 0. The molecule has 0 saturated heterocycles. The molecule has 0 saturated carbocycles. The zero-order valence-corrected chi connectivity index (χ0v) is 7.36. The Balaban J connectivity index is 2.52. The van der Waals surface area contributed by atoms with Gasteiger partial charge in [0, 0.05) is 0 Å². The molecule has 1 atom stereocenters. The molecule has 0 nitrogen and oxygen atoms in total. The van der Waals surface area contributed by atoms with Gasteiger partial charge in [-0.05, 0) is 30.9 Å². The van der Waals surface area contributed by atoms with Gasteiger partial charge in [-0.25, -0.2) is 0 Å². The standard InChI is InChI=1S/C10H11Cl/c1-7-2-3-8-4-5-10(11)9(8)6-7/h2-3,6,10H,4-5H2,1H3/t10-/m1/s1. The molecule has 0 aromatic heterocycles. The monoisotopic (exact) mass is 166 g/mol. The van der Waals surface area contributed by atoms with Crippen LogP contribution in [0.15, 0.2) is 18.2 Å². The van der Waals surface area contributed by atoms with Crippen molar-refractivity contribution >= 4 is 11.6 Å². The second kappa shape index (κ2) is 2.53. The molecule has 1 aliphatic carbocycles. The van der Waals surface area contributed by atoms with Crippen LogP contribution in [0.1, 0.15) is 28.5 Å². The predicted octanol–water partition coefficient (Wildman–Crippen LogP) is 3.22. The van der Waals surface area contributed by atoms with Gasteiger partial charge >= 0.3 is 0 Å². The first-order valence-corrected chi connectivity index (χ1v) is 4.44. The number of benzene rings is 1. The Hall–Kier alpha value is -0.490. The quantitative estimate of drug-likeness (QED) is 0.520. The first-order valence-electron chi connectivity index (χ1n) is 4.01. The molecule has 0 N–H and O–H groups in total. The Morgan fingerprint density at radius 3 is 3.09 bits per heavy atom. The number of rotatable bonds is 0. The molecule has 0 spiro atoms. The van der Waals surface area contributed by atoms with Crippen LogP contribution in [0.25, 0.3) is 0 Å². The highest BCUT2D eigenvalue weighted by atomic mass is 35.5. The number of hydrogen-bond donors (Lipinski definition) is 0. The molecule has 1 aromatic carbocycles. The van der Waals surface area contributed by atoms with Crippen molar-refractivity contribution in [3.63, 3.8) is 0 Å². The zero-order chi connectivity index (χ0) is 7.84. The Morgan fingerprint density at radius 2 is 2.27 bits per heavy atom. The molecular formula is C10H11Cl. The predicted molar refractivity (Wildman–Crippen MR) is 48.1 cm³/mol. The van der Waals surface area contributed by atoms with E-state index in [1.54, 1.807) is 0 Å². The molecule has 0 aliphatic heterocycles. The summed E-state index contributed by atoms with van der Waals surface area (Å²) < 4.78 is 0. The molecule has 0 unspecified atom stereocenters. The summed E-state index contributed by atoms with van der Waals surface area (Å²) in [5.74, 6) is 0. The summed E-state index contributed by atoms with van der Waals surface area (Å²) in [6.07, 6.45) is 2.27. The van der Waals surface area contributed by atoms with Gasteiger partial charge in [0.05, 0.1) is 5.38 Å². The number of fused-ring (bicyclic) bond motifs is 1. The van der Waals surface area contributed by atoms with E-state index in [1.807, 2.05) is 0 Å². The lowest BCUT2D eigenvalue weighted by atomic mass is 10.1. The highest BCUT2D eigenvalue weighted by Gasteiger charge is 2.19. The van der Waals surface area contributed by atoms with Gasteiger partial charge in [0.25, 0.3) is 0 Å². The van der Waals surface area contributed by atoms with Gasteiger partial charge in [-0.1, -0.05) is 23.8 Å². The smallest absolute Gasteiger partial charge is 0.0591 e. The van der Waals surface area contributed by atoms with Crippen molar-refractivity contribution in [3.05, 3.63) is 34.9 Å². The molecule has 0 radical (unpaired) electrons. The van der Waals surface area contributed by atoms with Gasteiger partial charge in [-0.2, -0.15) is 0 Å². The summed E-state index contributed by atoms with van der Waals surface area (Å²) in [4.78, 5) is 0.